The van der Waals surface area contributed by atoms with Crippen LogP contribution in [-0.4, -0.2) is 27.7 Å². The second-order valence-electron chi connectivity index (χ2n) is 4.25. The Balaban J connectivity index is 2.31. The minimum absolute atomic E-state index is 0.191. The van der Waals surface area contributed by atoms with E-state index in [1.54, 1.807) is 0 Å². The van der Waals surface area contributed by atoms with Crippen LogP contribution in [-0.2, 0) is 17.8 Å². The highest BCUT2D eigenvalue weighted by molar-refractivity contribution is 7.98. The molecular formula is C14H17NO2S. The summed E-state index contributed by atoms with van der Waals surface area (Å²) in [4.78, 5) is 10.7. The van der Waals surface area contributed by atoms with E-state index in [1.165, 1.54) is 10.9 Å². The Morgan fingerprint density at radius 2 is 2.17 bits per heavy atom. The molecule has 0 amide bonds. The van der Waals surface area contributed by atoms with Crippen LogP contribution < -0.4 is 0 Å². The Bertz CT molecular complexity index is 548. The fourth-order valence-corrected chi connectivity index (χ4v) is 2.52. The molecule has 0 saturated carbocycles. The van der Waals surface area contributed by atoms with Gasteiger partial charge in [0, 0.05) is 35.8 Å². The fraction of sp³-hybridized carbons (Fsp3) is 0.357. The summed E-state index contributed by atoms with van der Waals surface area (Å²) in [6.07, 6.45) is 4.99. The van der Waals surface area contributed by atoms with Crippen molar-refractivity contribution in [2.24, 2.45) is 0 Å². The van der Waals surface area contributed by atoms with E-state index in [0.717, 1.165) is 17.9 Å². The molecule has 0 fully saturated rings. The van der Waals surface area contributed by atoms with Crippen molar-refractivity contribution in [1.82, 2.24) is 4.57 Å². The van der Waals surface area contributed by atoms with Crippen LogP contribution in [0.3, 0.4) is 0 Å². The van der Waals surface area contributed by atoms with Gasteiger partial charge in [-0.3, -0.25) is 4.79 Å². The molecule has 4 heteroatoms. The summed E-state index contributed by atoms with van der Waals surface area (Å²) in [5.41, 5.74) is 2.33. The number of aliphatic carboxylic acids is 1. The fourth-order valence-electron chi connectivity index (χ4n) is 2.14. The van der Waals surface area contributed by atoms with Crippen molar-refractivity contribution in [3.8, 4) is 0 Å². The number of para-hydroxylation sites is 1. The molecule has 3 nitrogen and oxygen atoms in total. The number of nitrogens with zero attached hydrogens (tertiary/aromatic N) is 1. The van der Waals surface area contributed by atoms with Crippen LogP contribution in [0.1, 0.15) is 12.0 Å². The molecule has 0 atom stereocenters. The maximum Gasteiger partial charge on any atom is 0.303 e. The zero-order chi connectivity index (χ0) is 13.0. The van der Waals surface area contributed by atoms with Gasteiger partial charge in [-0.1, -0.05) is 18.2 Å². The summed E-state index contributed by atoms with van der Waals surface area (Å²) < 4.78 is 2.23. The Morgan fingerprint density at radius 3 is 2.89 bits per heavy atom. The van der Waals surface area contributed by atoms with Gasteiger partial charge in [-0.2, -0.15) is 11.8 Å². The molecule has 0 unspecified atom stereocenters. The SMILES string of the molecule is CSCCn1cc(CCC(=O)O)c2ccccc21. The highest BCUT2D eigenvalue weighted by Gasteiger charge is 2.09. The van der Waals surface area contributed by atoms with Gasteiger partial charge in [0.1, 0.15) is 0 Å². The molecule has 1 aromatic heterocycles. The van der Waals surface area contributed by atoms with Crippen LogP contribution in [0.15, 0.2) is 30.5 Å². The molecule has 2 aromatic rings. The van der Waals surface area contributed by atoms with E-state index in [9.17, 15) is 4.79 Å². The van der Waals surface area contributed by atoms with Crippen LogP contribution in [0, 0.1) is 0 Å². The highest BCUT2D eigenvalue weighted by Crippen LogP contribution is 2.22. The van der Waals surface area contributed by atoms with Gasteiger partial charge in [0.2, 0.25) is 0 Å². The zero-order valence-corrected chi connectivity index (χ0v) is 11.2. The third-order valence-electron chi connectivity index (χ3n) is 3.02. The first-order valence-electron chi connectivity index (χ1n) is 6.00. The molecule has 1 heterocycles. The van der Waals surface area contributed by atoms with Crippen LogP contribution in [0.25, 0.3) is 10.9 Å². The molecule has 0 bridgehead atoms. The number of carboxylic acid groups (broad SMARTS) is 1. The Labute approximate surface area is 111 Å². The number of benzene rings is 1. The number of fused-ring (bicyclic) bond motifs is 1. The van der Waals surface area contributed by atoms with Gasteiger partial charge in [-0.15, -0.1) is 0 Å². The predicted octanol–water partition coefficient (Wildman–Crippen LogP) is 3.02. The van der Waals surface area contributed by atoms with E-state index in [0.29, 0.717) is 6.42 Å². The summed E-state index contributed by atoms with van der Waals surface area (Å²) in [5.74, 6) is 0.327. The normalized spacial score (nSPS) is 10.9. The lowest BCUT2D eigenvalue weighted by Gasteiger charge is -2.02. The van der Waals surface area contributed by atoms with Crippen LogP contribution in [0.5, 0.6) is 0 Å². The second kappa shape index (κ2) is 5.96. The third kappa shape index (κ3) is 2.88. The van der Waals surface area contributed by atoms with Crippen molar-refractivity contribution in [2.75, 3.05) is 12.0 Å². The molecule has 0 aliphatic heterocycles. The van der Waals surface area contributed by atoms with Crippen molar-refractivity contribution in [1.29, 1.82) is 0 Å². The van der Waals surface area contributed by atoms with Gasteiger partial charge < -0.3 is 9.67 Å². The number of hydrogen-bond acceptors (Lipinski definition) is 2. The standard InChI is InChI=1S/C14H17NO2S/c1-18-9-8-15-10-11(6-7-14(16)17)12-4-2-3-5-13(12)15/h2-5,10H,6-9H2,1H3,(H,16,17). The van der Waals surface area contributed by atoms with Crippen molar-refractivity contribution >= 4 is 28.6 Å². The number of carboxylic acids is 1. The lowest BCUT2D eigenvalue weighted by atomic mass is 10.1. The minimum Gasteiger partial charge on any atom is -0.481 e. The van der Waals surface area contributed by atoms with Crippen molar-refractivity contribution in [2.45, 2.75) is 19.4 Å². The second-order valence-corrected chi connectivity index (χ2v) is 5.24. The first-order chi connectivity index (χ1) is 8.72. The molecule has 1 aromatic carbocycles. The summed E-state index contributed by atoms with van der Waals surface area (Å²) in [5, 5.41) is 9.97. The largest absolute Gasteiger partial charge is 0.481 e. The molecule has 18 heavy (non-hydrogen) atoms. The first-order valence-corrected chi connectivity index (χ1v) is 7.39. The van der Waals surface area contributed by atoms with Gasteiger partial charge in [-0.05, 0) is 24.3 Å². The average molecular weight is 263 g/mol. The molecule has 0 aliphatic rings. The van der Waals surface area contributed by atoms with Gasteiger partial charge in [0.25, 0.3) is 0 Å². The zero-order valence-electron chi connectivity index (χ0n) is 10.4. The number of thioether (sulfide) groups is 1. The third-order valence-corrected chi connectivity index (χ3v) is 3.61. The molecular weight excluding hydrogens is 246 g/mol. The monoisotopic (exact) mass is 263 g/mol. The molecule has 0 saturated heterocycles. The summed E-state index contributed by atoms with van der Waals surface area (Å²) in [7, 11) is 0. The van der Waals surface area contributed by atoms with Crippen LogP contribution >= 0.6 is 11.8 Å². The number of hydrogen-bond donors (Lipinski definition) is 1. The quantitative estimate of drug-likeness (QED) is 0.871. The molecule has 1 N–H and O–H groups in total. The van der Waals surface area contributed by atoms with Crippen molar-refractivity contribution in [3.63, 3.8) is 0 Å². The maximum absolute atomic E-state index is 10.7. The van der Waals surface area contributed by atoms with E-state index in [-0.39, 0.29) is 6.42 Å². The minimum atomic E-state index is -0.740. The van der Waals surface area contributed by atoms with Crippen molar-refractivity contribution in [3.05, 3.63) is 36.0 Å². The molecule has 0 spiro atoms. The van der Waals surface area contributed by atoms with Crippen LogP contribution in [0.4, 0.5) is 0 Å². The van der Waals surface area contributed by atoms with Gasteiger partial charge in [-0.25, -0.2) is 0 Å². The molecule has 0 aliphatic carbocycles. The van der Waals surface area contributed by atoms with E-state index in [2.05, 4.69) is 29.2 Å². The average Bonchev–Trinajstić information content (AvgIpc) is 2.72. The lowest BCUT2D eigenvalue weighted by molar-refractivity contribution is -0.136. The van der Waals surface area contributed by atoms with Crippen LogP contribution in [0.2, 0.25) is 0 Å². The molecule has 0 radical (unpaired) electrons. The number of aryl methyl sites for hydroxylation is 2. The Morgan fingerprint density at radius 1 is 1.39 bits per heavy atom. The summed E-state index contributed by atoms with van der Waals surface area (Å²) >= 11 is 1.82. The topological polar surface area (TPSA) is 42.2 Å². The predicted molar refractivity (Wildman–Crippen MR) is 76.3 cm³/mol. The van der Waals surface area contributed by atoms with E-state index in [1.807, 2.05) is 23.9 Å². The van der Waals surface area contributed by atoms with E-state index in [4.69, 9.17) is 5.11 Å². The van der Waals surface area contributed by atoms with E-state index < -0.39 is 5.97 Å². The smallest absolute Gasteiger partial charge is 0.303 e. The van der Waals surface area contributed by atoms with Gasteiger partial charge >= 0.3 is 5.97 Å². The van der Waals surface area contributed by atoms with Crippen molar-refractivity contribution < 1.29 is 9.90 Å². The molecule has 96 valence electrons. The number of aromatic nitrogens is 1. The number of rotatable bonds is 6. The maximum atomic E-state index is 10.7. The number of carbonyl (C=O) groups is 1. The lowest BCUT2D eigenvalue weighted by Crippen LogP contribution is -1.99. The summed E-state index contributed by atoms with van der Waals surface area (Å²) in [6, 6.07) is 8.20. The summed E-state index contributed by atoms with van der Waals surface area (Å²) in [6.45, 7) is 0.967. The Hall–Kier alpha value is -1.42. The molecule has 2 rings (SSSR count). The van der Waals surface area contributed by atoms with Gasteiger partial charge in [0.15, 0.2) is 0 Å². The first kappa shape index (κ1) is 13.0. The Kier molecular flexibility index (Phi) is 4.31. The van der Waals surface area contributed by atoms with E-state index >= 15 is 0 Å². The highest BCUT2D eigenvalue weighted by atomic mass is 32.2. The van der Waals surface area contributed by atoms with Gasteiger partial charge in [0.05, 0.1) is 0 Å².